The third kappa shape index (κ3) is 1.11. The summed E-state index contributed by atoms with van der Waals surface area (Å²) in [5.74, 6) is 0. The van der Waals surface area contributed by atoms with Crippen LogP contribution in [0.5, 0.6) is 0 Å². The maximum absolute atomic E-state index is 8.64. The van der Waals surface area contributed by atoms with Crippen LogP contribution in [0, 0.1) is 22.8 Å². The third-order valence-corrected chi connectivity index (χ3v) is 1.59. The van der Waals surface area contributed by atoms with Crippen LogP contribution in [0.3, 0.4) is 0 Å². The van der Waals surface area contributed by atoms with Crippen LogP contribution in [0.25, 0.3) is 0 Å². The van der Waals surface area contributed by atoms with Crippen LogP contribution < -0.4 is 0 Å². The third-order valence-electron chi connectivity index (χ3n) is 1.59. The molecule has 56 valence electrons. The standard InChI is InChI=1S/C7H8N4/c1-2-10-3-4-11(6-9)7(10)5-8/h3-4,7H,2H2,1H3. The average Bonchev–Trinajstić information content (AvgIpc) is 2.45. The zero-order valence-corrected chi connectivity index (χ0v) is 6.23. The van der Waals surface area contributed by atoms with E-state index in [1.54, 1.807) is 17.3 Å². The van der Waals surface area contributed by atoms with E-state index < -0.39 is 6.17 Å². The molecule has 0 amide bonds. The van der Waals surface area contributed by atoms with Crippen LogP contribution in [0.4, 0.5) is 0 Å². The molecular weight excluding hydrogens is 140 g/mol. The molecule has 4 heteroatoms. The first-order chi connectivity index (χ1) is 5.33. The Bertz CT molecular complexity index is 244. The lowest BCUT2D eigenvalue weighted by Crippen LogP contribution is -2.34. The molecule has 0 bridgehead atoms. The Morgan fingerprint density at radius 2 is 2.18 bits per heavy atom. The van der Waals surface area contributed by atoms with Crippen molar-refractivity contribution in [1.82, 2.24) is 9.80 Å². The minimum absolute atomic E-state index is 0.440. The van der Waals surface area contributed by atoms with Gasteiger partial charge in [0, 0.05) is 18.9 Å². The van der Waals surface area contributed by atoms with Crippen LogP contribution in [-0.4, -0.2) is 22.5 Å². The fourth-order valence-corrected chi connectivity index (χ4v) is 0.983. The molecule has 11 heavy (non-hydrogen) atoms. The van der Waals surface area contributed by atoms with E-state index in [-0.39, 0.29) is 0 Å². The molecule has 0 aromatic heterocycles. The number of nitriles is 2. The van der Waals surface area contributed by atoms with E-state index in [2.05, 4.69) is 0 Å². The molecule has 0 aliphatic carbocycles. The number of hydrogen-bond acceptors (Lipinski definition) is 4. The maximum atomic E-state index is 8.64. The molecular formula is C7H8N4. The van der Waals surface area contributed by atoms with Crippen molar-refractivity contribution >= 4 is 0 Å². The van der Waals surface area contributed by atoms with Crippen molar-refractivity contribution in [1.29, 1.82) is 10.5 Å². The van der Waals surface area contributed by atoms with Gasteiger partial charge in [0.1, 0.15) is 6.07 Å². The highest BCUT2D eigenvalue weighted by atomic mass is 15.4. The first-order valence-corrected chi connectivity index (χ1v) is 3.35. The zero-order valence-electron chi connectivity index (χ0n) is 6.23. The van der Waals surface area contributed by atoms with Gasteiger partial charge in [-0.15, -0.1) is 0 Å². The lowest BCUT2D eigenvalue weighted by molar-refractivity contribution is 0.264. The highest BCUT2D eigenvalue weighted by Crippen LogP contribution is 2.12. The fourth-order valence-electron chi connectivity index (χ4n) is 0.983. The predicted molar refractivity (Wildman–Crippen MR) is 38.4 cm³/mol. The van der Waals surface area contributed by atoms with Crippen molar-refractivity contribution in [3.05, 3.63) is 12.4 Å². The Balaban J connectivity index is 2.74. The van der Waals surface area contributed by atoms with E-state index in [1.165, 1.54) is 4.90 Å². The number of nitrogens with zero attached hydrogens (tertiary/aromatic N) is 4. The lowest BCUT2D eigenvalue weighted by atomic mass is 10.4. The van der Waals surface area contributed by atoms with Gasteiger partial charge in [-0.25, -0.2) is 4.90 Å². The Morgan fingerprint density at radius 3 is 2.64 bits per heavy atom. The zero-order chi connectivity index (χ0) is 8.27. The summed E-state index contributed by atoms with van der Waals surface area (Å²) in [4.78, 5) is 3.12. The van der Waals surface area contributed by atoms with Gasteiger partial charge < -0.3 is 4.90 Å². The Hall–Kier alpha value is -1.68. The second-order valence-electron chi connectivity index (χ2n) is 2.14. The first-order valence-electron chi connectivity index (χ1n) is 3.35. The van der Waals surface area contributed by atoms with E-state index in [4.69, 9.17) is 10.5 Å². The largest absolute Gasteiger partial charge is 0.344 e. The van der Waals surface area contributed by atoms with E-state index in [0.29, 0.717) is 0 Å². The summed E-state index contributed by atoms with van der Waals surface area (Å²) in [5.41, 5.74) is 0. The van der Waals surface area contributed by atoms with Gasteiger partial charge in [-0.05, 0) is 6.92 Å². The molecule has 1 heterocycles. The van der Waals surface area contributed by atoms with Crippen molar-refractivity contribution in [2.24, 2.45) is 0 Å². The lowest BCUT2D eigenvalue weighted by Gasteiger charge is -2.20. The number of hydrogen-bond donors (Lipinski definition) is 0. The molecule has 0 aromatic carbocycles. The molecule has 0 aromatic rings. The van der Waals surface area contributed by atoms with Gasteiger partial charge >= 0.3 is 0 Å². The van der Waals surface area contributed by atoms with Crippen molar-refractivity contribution in [3.63, 3.8) is 0 Å². The van der Waals surface area contributed by atoms with Crippen LogP contribution in [-0.2, 0) is 0 Å². The summed E-state index contributed by atoms with van der Waals surface area (Å²) in [5, 5.41) is 17.2. The van der Waals surface area contributed by atoms with E-state index in [0.717, 1.165) is 6.54 Å². The molecule has 1 unspecified atom stereocenters. The second-order valence-corrected chi connectivity index (χ2v) is 2.14. The minimum Gasteiger partial charge on any atom is -0.344 e. The molecule has 0 fully saturated rings. The predicted octanol–water partition coefficient (Wildman–Crippen LogP) is 0.426. The molecule has 0 N–H and O–H groups in total. The van der Waals surface area contributed by atoms with Gasteiger partial charge in [-0.1, -0.05) is 0 Å². The molecule has 1 aliphatic rings. The molecule has 1 atom stereocenters. The normalized spacial score (nSPS) is 21.5. The summed E-state index contributed by atoms with van der Waals surface area (Å²) >= 11 is 0. The van der Waals surface area contributed by atoms with E-state index in [9.17, 15) is 0 Å². The first kappa shape index (κ1) is 7.43. The van der Waals surface area contributed by atoms with Crippen molar-refractivity contribution < 1.29 is 0 Å². The average molecular weight is 148 g/mol. The summed E-state index contributed by atoms with van der Waals surface area (Å²) in [6.07, 6.45) is 4.83. The second kappa shape index (κ2) is 2.94. The molecule has 0 saturated heterocycles. The van der Waals surface area contributed by atoms with Gasteiger partial charge in [0.2, 0.25) is 6.17 Å². The molecule has 1 rings (SSSR count). The maximum Gasteiger partial charge on any atom is 0.204 e. The van der Waals surface area contributed by atoms with Crippen LogP contribution in [0.1, 0.15) is 6.92 Å². The van der Waals surface area contributed by atoms with Gasteiger partial charge in [0.05, 0.1) is 0 Å². The highest BCUT2D eigenvalue weighted by Gasteiger charge is 2.24. The van der Waals surface area contributed by atoms with Gasteiger partial charge in [0.15, 0.2) is 6.19 Å². The SMILES string of the molecule is CCN1C=CN(C#N)C1C#N. The molecule has 0 saturated carbocycles. The van der Waals surface area contributed by atoms with Gasteiger partial charge in [0.25, 0.3) is 0 Å². The summed E-state index contributed by atoms with van der Waals surface area (Å²) in [7, 11) is 0. The van der Waals surface area contributed by atoms with Crippen molar-refractivity contribution in [2.45, 2.75) is 13.1 Å². The Kier molecular flexibility index (Phi) is 1.98. The van der Waals surface area contributed by atoms with E-state index >= 15 is 0 Å². The summed E-state index contributed by atoms with van der Waals surface area (Å²) in [6.45, 7) is 2.68. The van der Waals surface area contributed by atoms with E-state index in [1.807, 2.05) is 19.2 Å². The van der Waals surface area contributed by atoms with Gasteiger partial charge in [-0.2, -0.15) is 10.5 Å². The van der Waals surface area contributed by atoms with Gasteiger partial charge in [-0.3, -0.25) is 0 Å². The van der Waals surface area contributed by atoms with Crippen LogP contribution in [0.2, 0.25) is 0 Å². The molecule has 1 aliphatic heterocycles. The summed E-state index contributed by atoms with van der Waals surface area (Å²) in [6, 6.07) is 2.03. The topological polar surface area (TPSA) is 54.1 Å². The molecule has 0 spiro atoms. The van der Waals surface area contributed by atoms with Crippen molar-refractivity contribution in [3.8, 4) is 12.3 Å². The van der Waals surface area contributed by atoms with Crippen molar-refractivity contribution in [2.75, 3.05) is 6.54 Å². The molecule has 4 nitrogen and oxygen atoms in total. The highest BCUT2D eigenvalue weighted by molar-refractivity contribution is 5.10. The monoisotopic (exact) mass is 148 g/mol. The number of rotatable bonds is 1. The molecule has 0 radical (unpaired) electrons. The van der Waals surface area contributed by atoms with Crippen LogP contribution in [0.15, 0.2) is 12.4 Å². The Labute approximate surface area is 65.5 Å². The minimum atomic E-state index is -0.440. The quantitative estimate of drug-likeness (QED) is 0.506. The summed E-state index contributed by atoms with van der Waals surface area (Å²) < 4.78 is 0. The smallest absolute Gasteiger partial charge is 0.204 e. The van der Waals surface area contributed by atoms with Crippen LogP contribution >= 0.6 is 0 Å². The Morgan fingerprint density at radius 1 is 1.45 bits per heavy atom. The fraction of sp³-hybridized carbons (Fsp3) is 0.429.